The van der Waals surface area contributed by atoms with E-state index in [1.54, 1.807) is 0 Å². The molecule has 0 aromatic heterocycles. The third-order valence-corrected chi connectivity index (χ3v) is 3.55. The summed E-state index contributed by atoms with van der Waals surface area (Å²) in [5.41, 5.74) is 1.12. The van der Waals surface area contributed by atoms with Crippen LogP contribution in [0.4, 0.5) is 0 Å². The van der Waals surface area contributed by atoms with Gasteiger partial charge in [-0.1, -0.05) is 37.3 Å². The number of hydrogen-bond acceptors (Lipinski definition) is 4. The fourth-order valence-electron chi connectivity index (χ4n) is 2.07. The van der Waals surface area contributed by atoms with E-state index in [0.29, 0.717) is 19.1 Å². The highest BCUT2D eigenvalue weighted by molar-refractivity contribution is 5.16. The number of aliphatic hydroxyl groups is 2. The van der Waals surface area contributed by atoms with Crippen LogP contribution in [0.5, 0.6) is 0 Å². The molecule has 1 aromatic carbocycles. The normalized spacial score (nSPS) is 15.6. The molecule has 0 bridgehead atoms. The Balaban J connectivity index is 2.07. The third-order valence-electron chi connectivity index (χ3n) is 3.55. The van der Waals surface area contributed by atoms with Crippen molar-refractivity contribution in [1.29, 1.82) is 0 Å². The molecule has 0 saturated heterocycles. The van der Waals surface area contributed by atoms with Crippen LogP contribution in [0.25, 0.3) is 0 Å². The monoisotopic (exact) mass is 295 g/mol. The fourth-order valence-corrected chi connectivity index (χ4v) is 2.07. The molecular formula is C17H29NO3. The Bertz CT molecular complexity index is 358. The minimum atomic E-state index is -0.494. The van der Waals surface area contributed by atoms with Crippen molar-refractivity contribution in [3.8, 4) is 0 Å². The van der Waals surface area contributed by atoms with Crippen LogP contribution in [0.15, 0.2) is 30.3 Å². The highest BCUT2D eigenvalue weighted by atomic mass is 16.5. The second-order valence-electron chi connectivity index (χ2n) is 5.67. The summed E-state index contributed by atoms with van der Waals surface area (Å²) in [6.45, 7) is 5.99. The smallest absolute Gasteiger partial charge is 0.0897 e. The van der Waals surface area contributed by atoms with Crippen LogP contribution in [-0.4, -0.2) is 42.6 Å². The van der Waals surface area contributed by atoms with Gasteiger partial charge in [-0.15, -0.1) is 0 Å². The van der Waals surface area contributed by atoms with Gasteiger partial charge in [0, 0.05) is 13.2 Å². The summed E-state index contributed by atoms with van der Waals surface area (Å²) in [4.78, 5) is 0. The van der Waals surface area contributed by atoms with Crippen molar-refractivity contribution in [3.05, 3.63) is 35.9 Å². The van der Waals surface area contributed by atoms with Gasteiger partial charge in [0.1, 0.15) is 0 Å². The molecule has 0 fully saturated rings. The van der Waals surface area contributed by atoms with E-state index in [2.05, 4.69) is 5.32 Å². The van der Waals surface area contributed by atoms with Crippen molar-refractivity contribution >= 4 is 0 Å². The number of rotatable bonds is 11. The zero-order chi connectivity index (χ0) is 15.5. The summed E-state index contributed by atoms with van der Waals surface area (Å²) in [5, 5.41) is 22.0. The molecule has 0 aliphatic rings. The van der Waals surface area contributed by atoms with Gasteiger partial charge in [0.2, 0.25) is 0 Å². The summed E-state index contributed by atoms with van der Waals surface area (Å²) >= 11 is 0. The molecule has 3 unspecified atom stereocenters. The Labute approximate surface area is 128 Å². The molecule has 0 spiro atoms. The molecular weight excluding hydrogens is 266 g/mol. The first kappa shape index (κ1) is 18.1. The Morgan fingerprint density at radius 1 is 1.19 bits per heavy atom. The molecule has 21 heavy (non-hydrogen) atoms. The van der Waals surface area contributed by atoms with Gasteiger partial charge in [-0.3, -0.25) is 0 Å². The van der Waals surface area contributed by atoms with E-state index in [4.69, 9.17) is 9.84 Å². The van der Waals surface area contributed by atoms with Crippen molar-refractivity contribution in [1.82, 2.24) is 5.32 Å². The Hall–Kier alpha value is -0.940. The van der Waals surface area contributed by atoms with Crippen molar-refractivity contribution in [2.75, 3.05) is 26.3 Å². The van der Waals surface area contributed by atoms with Crippen molar-refractivity contribution in [2.24, 2.45) is 5.92 Å². The second-order valence-corrected chi connectivity index (χ2v) is 5.67. The predicted octanol–water partition coefficient (Wildman–Crippen LogP) is 2.12. The number of hydrogen-bond donors (Lipinski definition) is 3. The Morgan fingerprint density at radius 2 is 1.90 bits per heavy atom. The largest absolute Gasteiger partial charge is 0.396 e. The standard InChI is InChI=1S/C17H29NO3/c1-14(12-19)7-6-10-18-11-17(20)13-21-15(2)16-8-4-3-5-9-16/h3-5,8-9,14-15,17-20H,6-7,10-13H2,1-2H3. The molecule has 3 atom stereocenters. The van der Waals surface area contributed by atoms with E-state index >= 15 is 0 Å². The third kappa shape index (κ3) is 8.17. The van der Waals surface area contributed by atoms with Gasteiger partial charge in [-0.05, 0) is 37.8 Å². The maximum Gasteiger partial charge on any atom is 0.0897 e. The molecule has 0 aliphatic heterocycles. The SMILES string of the molecule is CC(CO)CCCNCC(O)COC(C)c1ccccc1. The van der Waals surface area contributed by atoms with Gasteiger partial charge in [0.25, 0.3) is 0 Å². The van der Waals surface area contributed by atoms with Gasteiger partial charge in [0.05, 0.1) is 18.8 Å². The van der Waals surface area contributed by atoms with E-state index in [-0.39, 0.29) is 12.7 Å². The van der Waals surface area contributed by atoms with Gasteiger partial charge in [-0.25, -0.2) is 0 Å². The summed E-state index contributed by atoms with van der Waals surface area (Å²) in [7, 11) is 0. The molecule has 4 heteroatoms. The Morgan fingerprint density at radius 3 is 2.57 bits per heavy atom. The van der Waals surface area contributed by atoms with Crippen LogP contribution < -0.4 is 5.32 Å². The average molecular weight is 295 g/mol. The first-order chi connectivity index (χ1) is 10.1. The second kappa shape index (κ2) is 10.7. The minimum Gasteiger partial charge on any atom is -0.396 e. The van der Waals surface area contributed by atoms with Crippen molar-refractivity contribution in [2.45, 2.75) is 38.9 Å². The first-order valence-corrected chi connectivity index (χ1v) is 7.79. The quantitative estimate of drug-likeness (QED) is 0.547. The molecule has 120 valence electrons. The topological polar surface area (TPSA) is 61.7 Å². The summed E-state index contributed by atoms with van der Waals surface area (Å²) < 4.78 is 5.68. The lowest BCUT2D eigenvalue weighted by molar-refractivity contribution is -0.00199. The van der Waals surface area contributed by atoms with Crippen LogP contribution in [-0.2, 0) is 4.74 Å². The fraction of sp³-hybridized carbons (Fsp3) is 0.647. The van der Waals surface area contributed by atoms with Crippen molar-refractivity contribution in [3.63, 3.8) is 0 Å². The predicted molar refractivity (Wildman–Crippen MR) is 85.2 cm³/mol. The number of nitrogens with one attached hydrogen (secondary N) is 1. The van der Waals surface area contributed by atoms with Crippen LogP contribution in [0.1, 0.15) is 38.4 Å². The molecule has 0 aliphatic carbocycles. The molecule has 0 saturated carbocycles. The molecule has 0 radical (unpaired) electrons. The highest BCUT2D eigenvalue weighted by Gasteiger charge is 2.09. The van der Waals surface area contributed by atoms with Gasteiger partial charge >= 0.3 is 0 Å². The van der Waals surface area contributed by atoms with E-state index in [0.717, 1.165) is 24.9 Å². The van der Waals surface area contributed by atoms with Gasteiger partial charge < -0.3 is 20.3 Å². The zero-order valence-electron chi connectivity index (χ0n) is 13.2. The number of benzene rings is 1. The first-order valence-electron chi connectivity index (χ1n) is 7.79. The molecule has 1 rings (SSSR count). The maximum atomic E-state index is 9.87. The van der Waals surface area contributed by atoms with Crippen LogP contribution in [0.2, 0.25) is 0 Å². The lowest BCUT2D eigenvalue weighted by Crippen LogP contribution is -2.31. The van der Waals surface area contributed by atoms with Gasteiger partial charge in [0.15, 0.2) is 0 Å². The molecule has 1 aromatic rings. The summed E-state index contributed by atoms with van der Waals surface area (Å²) in [5.74, 6) is 0.353. The minimum absolute atomic E-state index is 0.00810. The molecule has 3 N–H and O–H groups in total. The maximum absolute atomic E-state index is 9.87. The van der Waals surface area contributed by atoms with E-state index in [1.807, 2.05) is 44.2 Å². The Kier molecular flexibility index (Phi) is 9.26. The highest BCUT2D eigenvalue weighted by Crippen LogP contribution is 2.15. The van der Waals surface area contributed by atoms with E-state index in [9.17, 15) is 5.11 Å². The molecule has 0 amide bonds. The number of aliphatic hydroxyl groups excluding tert-OH is 2. The lowest BCUT2D eigenvalue weighted by Gasteiger charge is -2.17. The molecule has 0 heterocycles. The van der Waals surface area contributed by atoms with E-state index < -0.39 is 6.10 Å². The summed E-state index contributed by atoms with van der Waals surface area (Å²) in [6.07, 6.45) is 1.51. The van der Waals surface area contributed by atoms with Crippen LogP contribution >= 0.6 is 0 Å². The van der Waals surface area contributed by atoms with Crippen LogP contribution in [0.3, 0.4) is 0 Å². The van der Waals surface area contributed by atoms with Gasteiger partial charge in [-0.2, -0.15) is 0 Å². The van der Waals surface area contributed by atoms with Crippen molar-refractivity contribution < 1.29 is 14.9 Å². The van der Waals surface area contributed by atoms with E-state index in [1.165, 1.54) is 0 Å². The van der Waals surface area contributed by atoms with Crippen LogP contribution in [0, 0.1) is 5.92 Å². The summed E-state index contributed by atoms with van der Waals surface area (Å²) in [6, 6.07) is 10.0. The zero-order valence-corrected chi connectivity index (χ0v) is 13.2. The lowest BCUT2D eigenvalue weighted by atomic mass is 10.1. The molecule has 4 nitrogen and oxygen atoms in total. The average Bonchev–Trinajstić information content (AvgIpc) is 2.52. The number of ether oxygens (including phenoxy) is 1.